The first-order chi connectivity index (χ1) is 16.5. The van der Waals surface area contributed by atoms with Crippen LogP contribution in [0.4, 0.5) is 0 Å². The summed E-state index contributed by atoms with van der Waals surface area (Å²) in [4.78, 5) is 29.7. The Kier molecular flexibility index (Phi) is 7.72. The average molecular weight is 461 g/mol. The van der Waals surface area contributed by atoms with Crippen LogP contribution in [0.15, 0.2) is 59.0 Å². The number of nitrogens with zero attached hydrogens (tertiary/aromatic N) is 4. The smallest absolute Gasteiger partial charge is 0.253 e. The predicted octanol–water partition coefficient (Wildman–Crippen LogP) is 4.52. The number of carbonyl (C=O) groups is 2. The molecule has 2 amide bonds. The summed E-state index contributed by atoms with van der Waals surface area (Å²) in [5.74, 6) is 1.12. The lowest BCUT2D eigenvalue weighted by Crippen LogP contribution is -2.49. The predicted molar refractivity (Wildman–Crippen MR) is 130 cm³/mol. The highest BCUT2D eigenvalue weighted by Gasteiger charge is 2.29. The number of carbonyl (C=O) groups excluding carboxylic acids is 2. The van der Waals surface area contributed by atoms with Gasteiger partial charge in [-0.1, -0.05) is 42.8 Å². The maximum absolute atomic E-state index is 13.1. The molecule has 1 fully saturated rings. The van der Waals surface area contributed by atoms with Crippen LogP contribution in [0.5, 0.6) is 0 Å². The zero-order chi connectivity index (χ0) is 23.9. The van der Waals surface area contributed by atoms with Gasteiger partial charge in [-0.25, -0.2) is 0 Å². The van der Waals surface area contributed by atoms with E-state index in [1.165, 1.54) is 5.56 Å². The fourth-order valence-corrected chi connectivity index (χ4v) is 4.42. The third kappa shape index (κ3) is 5.71. The minimum absolute atomic E-state index is 0.0631. The molecule has 0 N–H and O–H groups in total. The van der Waals surface area contributed by atoms with Crippen LogP contribution in [-0.4, -0.2) is 57.5 Å². The Balaban J connectivity index is 1.31. The molecule has 7 heteroatoms. The van der Waals surface area contributed by atoms with Crippen molar-refractivity contribution in [2.75, 3.05) is 19.6 Å². The Morgan fingerprint density at radius 3 is 2.41 bits per heavy atom. The number of likely N-dealkylation sites (tertiary alicyclic amines) is 1. The summed E-state index contributed by atoms with van der Waals surface area (Å²) in [6.45, 7) is 6.15. The molecule has 0 radical (unpaired) electrons. The molecule has 1 aliphatic heterocycles. The highest BCUT2D eigenvalue weighted by Crippen LogP contribution is 2.22. The largest absolute Gasteiger partial charge is 0.421 e. The number of amides is 2. The molecule has 0 bridgehead atoms. The number of aryl methyl sites for hydroxylation is 2. The number of hydrogen-bond donors (Lipinski definition) is 0. The molecular formula is C27H32N4O3. The van der Waals surface area contributed by atoms with Gasteiger partial charge in [0.15, 0.2) is 0 Å². The first-order valence-corrected chi connectivity index (χ1v) is 12.1. The topological polar surface area (TPSA) is 79.5 Å². The van der Waals surface area contributed by atoms with Crippen molar-refractivity contribution in [3.05, 3.63) is 71.6 Å². The Hall–Kier alpha value is -3.48. The second-order valence-electron chi connectivity index (χ2n) is 8.84. The van der Waals surface area contributed by atoms with Gasteiger partial charge in [-0.3, -0.25) is 9.59 Å². The molecular weight excluding hydrogens is 428 g/mol. The fraction of sp³-hybridized carbons (Fsp3) is 0.407. The Morgan fingerprint density at radius 1 is 1.03 bits per heavy atom. The van der Waals surface area contributed by atoms with E-state index in [-0.39, 0.29) is 17.9 Å². The molecule has 7 nitrogen and oxygen atoms in total. The van der Waals surface area contributed by atoms with E-state index < -0.39 is 0 Å². The van der Waals surface area contributed by atoms with Gasteiger partial charge in [0.2, 0.25) is 17.7 Å². The van der Waals surface area contributed by atoms with Crippen molar-refractivity contribution < 1.29 is 14.0 Å². The molecule has 1 saturated heterocycles. The van der Waals surface area contributed by atoms with Gasteiger partial charge >= 0.3 is 0 Å². The van der Waals surface area contributed by atoms with E-state index in [0.717, 1.165) is 24.8 Å². The van der Waals surface area contributed by atoms with Crippen molar-refractivity contribution >= 4 is 11.8 Å². The molecule has 0 aliphatic carbocycles. The van der Waals surface area contributed by atoms with E-state index >= 15 is 0 Å². The van der Waals surface area contributed by atoms with E-state index in [4.69, 9.17) is 4.42 Å². The molecule has 2 heterocycles. The van der Waals surface area contributed by atoms with Crippen LogP contribution in [0.3, 0.4) is 0 Å². The third-order valence-corrected chi connectivity index (χ3v) is 6.32. The number of hydrogen-bond acceptors (Lipinski definition) is 5. The van der Waals surface area contributed by atoms with Gasteiger partial charge < -0.3 is 14.2 Å². The first kappa shape index (κ1) is 23.7. The number of benzene rings is 2. The lowest BCUT2D eigenvalue weighted by Gasteiger charge is -2.38. The summed E-state index contributed by atoms with van der Waals surface area (Å²) in [7, 11) is 0. The Morgan fingerprint density at radius 2 is 1.74 bits per heavy atom. The van der Waals surface area contributed by atoms with Crippen LogP contribution >= 0.6 is 0 Å². The van der Waals surface area contributed by atoms with Crippen LogP contribution in [-0.2, 0) is 11.2 Å². The second kappa shape index (κ2) is 11.1. The monoisotopic (exact) mass is 460 g/mol. The van der Waals surface area contributed by atoms with Gasteiger partial charge in [0.05, 0.1) is 0 Å². The van der Waals surface area contributed by atoms with Crippen molar-refractivity contribution in [2.45, 2.75) is 52.0 Å². The van der Waals surface area contributed by atoms with Gasteiger partial charge in [0.1, 0.15) is 0 Å². The van der Waals surface area contributed by atoms with Gasteiger partial charge in [-0.2, -0.15) is 0 Å². The number of rotatable bonds is 8. The molecule has 2 aromatic carbocycles. The molecule has 34 heavy (non-hydrogen) atoms. The summed E-state index contributed by atoms with van der Waals surface area (Å²) in [6.07, 6.45) is 3.24. The van der Waals surface area contributed by atoms with Crippen LogP contribution in [0, 0.1) is 6.92 Å². The summed E-state index contributed by atoms with van der Waals surface area (Å²) >= 11 is 0. The zero-order valence-corrected chi connectivity index (χ0v) is 19.9. The van der Waals surface area contributed by atoms with Crippen LogP contribution < -0.4 is 0 Å². The van der Waals surface area contributed by atoms with Crippen molar-refractivity contribution in [1.82, 2.24) is 20.0 Å². The highest BCUT2D eigenvalue weighted by atomic mass is 16.4. The minimum atomic E-state index is 0.0631. The molecule has 0 unspecified atom stereocenters. The van der Waals surface area contributed by atoms with Crippen molar-refractivity contribution in [2.24, 2.45) is 0 Å². The van der Waals surface area contributed by atoms with E-state index in [1.807, 2.05) is 71.3 Å². The van der Waals surface area contributed by atoms with E-state index in [9.17, 15) is 9.59 Å². The minimum Gasteiger partial charge on any atom is -0.421 e. The summed E-state index contributed by atoms with van der Waals surface area (Å²) in [5.41, 5.74) is 2.76. The van der Waals surface area contributed by atoms with Gasteiger partial charge in [0, 0.05) is 49.6 Å². The van der Waals surface area contributed by atoms with Gasteiger partial charge in [-0.15, -0.1) is 10.2 Å². The molecule has 0 atom stereocenters. The van der Waals surface area contributed by atoms with Crippen LogP contribution in [0.1, 0.15) is 54.4 Å². The zero-order valence-electron chi connectivity index (χ0n) is 19.9. The SMILES string of the molecule is CCCN(C(=O)CCc1nnc(-c2ccc(C)cc2)o1)C1CCN(C(=O)c2ccccc2)CC1. The molecule has 0 saturated carbocycles. The van der Waals surface area contributed by atoms with Crippen LogP contribution in [0.2, 0.25) is 0 Å². The molecule has 0 spiro atoms. The molecule has 1 aromatic heterocycles. The summed E-state index contributed by atoms with van der Waals surface area (Å²) in [5, 5.41) is 8.27. The van der Waals surface area contributed by atoms with E-state index in [2.05, 4.69) is 17.1 Å². The molecule has 3 aromatic rings. The van der Waals surface area contributed by atoms with Crippen molar-refractivity contribution in [3.8, 4) is 11.5 Å². The average Bonchev–Trinajstić information content (AvgIpc) is 3.35. The van der Waals surface area contributed by atoms with Crippen molar-refractivity contribution in [3.63, 3.8) is 0 Å². The summed E-state index contributed by atoms with van der Waals surface area (Å²) < 4.78 is 5.79. The quantitative estimate of drug-likeness (QED) is 0.494. The standard InChI is InChI=1S/C27H32N4O3/c1-3-17-31(23-15-18-30(19-16-23)27(33)22-7-5-4-6-8-22)25(32)14-13-24-28-29-26(34-24)21-11-9-20(2)10-12-21/h4-12,23H,3,13-19H2,1-2H3. The van der Waals surface area contributed by atoms with Gasteiger partial charge in [0.25, 0.3) is 5.91 Å². The highest BCUT2D eigenvalue weighted by molar-refractivity contribution is 5.94. The maximum atomic E-state index is 13.1. The second-order valence-corrected chi connectivity index (χ2v) is 8.84. The summed E-state index contributed by atoms with van der Waals surface area (Å²) in [6, 6.07) is 17.4. The number of piperidine rings is 1. The lowest BCUT2D eigenvalue weighted by molar-refractivity contribution is -0.134. The van der Waals surface area contributed by atoms with Crippen LogP contribution in [0.25, 0.3) is 11.5 Å². The Bertz CT molecular complexity index is 1090. The van der Waals surface area contributed by atoms with Crippen molar-refractivity contribution in [1.29, 1.82) is 0 Å². The molecule has 4 rings (SSSR count). The van der Waals surface area contributed by atoms with Gasteiger partial charge in [-0.05, 0) is 50.5 Å². The lowest BCUT2D eigenvalue weighted by atomic mass is 10.0. The molecule has 178 valence electrons. The van der Waals surface area contributed by atoms with E-state index in [1.54, 1.807) is 0 Å². The normalized spacial score (nSPS) is 14.2. The first-order valence-electron chi connectivity index (χ1n) is 12.1. The third-order valence-electron chi connectivity index (χ3n) is 6.32. The molecule has 1 aliphatic rings. The maximum Gasteiger partial charge on any atom is 0.253 e. The number of aromatic nitrogens is 2. The Labute approximate surface area is 200 Å². The fourth-order valence-electron chi connectivity index (χ4n) is 4.42. The van der Waals surface area contributed by atoms with E-state index in [0.29, 0.717) is 49.8 Å².